The minimum atomic E-state index is -0.512. The number of carbonyl (C=O) groups is 1. The highest BCUT2D eigenvalue weighted by Crippen LogP contribution is 2.25. The van der Waals surface area contributed by atoms with Gasteiger partial charge in [-0.15, -0.1) is 24.2 Å². The maximum absolute atomic E-state index is 12.4. The third kappa shape index (κ3) is 4.34. The smallest absolute Gasteiger partial charge is 0.282 e. The Morgan fingerprint density at radius 2 is 2.23 bits per heavy atom. The zero-order valence-corrected chi connectivity index (χ0v) is 14.1. The van der Waals surface area contributed by atoms with Crippen LogP contribution >= 0.6 is 24.2 Å². The molecule has 1 aromatic rings. The fourth-order valence-corrected chi connectivity index (χ4v) is 2.85. The van der Waals surface area contributed by atoms with Crippen molar-refractivity contribution in [1.82, 2.24) is 10.6 Å². The van der Waals surface area contributed by atoms with E-state index in [0.29, 0.717) is 12.5 Å². The van der Waals surface area contributed by atoms with Crippen LogP contribution in [-0.4, -0.2) is 36.2 Å². The fraction of sp³-hybridized carbons (Fsp3) is 0.500. The van der Waals surface area contributed by atoms with Gasteiger partial charge in [-0.1, -0.05) is 6.92 Å². The normalized spacial score (nSPS) is 20.8. The van der Waals surface area contributed by atoms with E-state index in [1.807, 2.05) is 6.26 Å². The number of hydrogen-bond donors (Lipinski definition) is 2. The van der Waals surface area contributed by atoms with Crippen LogP contribution in [0.2, 0.25) is 0 Å². The van der Waals surface area contributed by atoms with Gasteiger partial charge in [0.1, 0.15) is 5.56 Å². The van der Waals surface area contributed by atoms with E-state index >= 15 is 0 Å². The van der Waals surface area contributed by atoms with Crippen LogP contribution in [0.5, 0.6) is 0 Å². The number of halogens is 1. The Hall–Kier alpha value is -1.31. The third-order valence-electron chi connectivity index (χ3n) is 3.79. The van der Waals surface area contributed by atoms with Crippen LogP contribution < -0.4 is 10.6 Å². The molecule has 0 saturated carbocycles. The van der Waals surface area contributed by atoms with Gasteiger partial charge in [-0.3, -0.25) is 14.9 Å². The van der Waals surface area contributed by atoms with Crippen LogP contribution in [0, 0.1) is 16.0 Å². The summed E-state index contributed by atoms with van der Waals surface area (Å²) in [6.45, 7) is 3.72. The molecule has 8 heteroatoms. The van der Waals surface area contributed by atoms with Gasteiger partial charge in [0.25, 0.3) is 11.6 Å². The molecule has 1 aromatic carbocycles. The van der Waals surface area contributed by atoms with Crippen molar-refractivity contribution in [3.63, 3.8) is 0 Å². The van der Waals surface area contributed by atoms with Gasteiger partial charge in [0, 0.05) is 23.5 Å². The zero-order chi connectivity index (χ0) is 15.4. The molecule has 1 aliphatic rings. The summed E-state index contributed by atoms with van der Waals surface area (Å²) in [6, 6.07) is 4.64. The summed E-state index contributed by atoms with van der Waals surface area (Å²) < 4.78 is 0. The van der Waals surface area contributed by atoms with Crippen molar-refractivity contribution < 1.29 is 9.72 Å². The predicted molar refractivity (Wildman–Crippen MR) is 90.0 cm³/mol. The Morgan fingerprint density at radius 1 is 1.50 bits per heavy atom. The molecule has 122 valence electrons. The highest BCUT2D eigenvalue weighted by Gasteiger charge is 2.26. The number of nitro groups is 1. The van der Waals surface area contributed by atoms with Crippen LogP contribution in [0.4, 0.5) is 5.69 Å². The molecular formula is C14H20ClN3O3S. The molecule has 2 atom stereocenters. The summed E-state index contributed by atoms with van der Waals surface area (Å²) in [4.78, 5) is 23.8. The molecule has 1 heterocycles. The first-order chi connectivity index (χ1) is 10.0. The van der Waals surface area contributed by atoms with Gasteiger partial charge in [-0.25, -0.2) is 0 Å². The van der Waals surface area contributed by atoms with Crippen molar-refractivity contribution in [2.45, 2.75) is 24.3 Å². The van der Waals surface area contributed by atoms with Gasteiger partial charge >= 0.3 is 0 Å². The molecule has 0 radical (unpaired) electrons. The van der Waals surface area contributed by atoms with E-state index in [1.165, 1.54) is 17.8 Å². The van der Waals surface area contributed by atoms with Crippen LogP contribution in [0.1, 0.15) is 23.7 Å². The number of carbonyl (C=O) groups excluding carboxylic acids is 1. The summed E-state index contributed by atoms with van der Waals surface area (Å²) in [5.74, 6) is -0.0175. The second kappa shape index (κ2) is 8.36. The van der Waals surface area contributed by atoms with Crippen molar-refractivity contribution >= 4 is 35.8 Å². The van der Waals surface area contributed by atoms with Gasteiger partial charge < -0.3 is 10.6 Å². The average Bonchev–Trinajstić information content (AvgIpc) is 2.48. The monoisotopic (exact) mass is 345 g/mol. The van der Waals surface area contributed by atoms with Gasteiger partial charge in [-0.05, 0) is 37.3 Å². The number of thioether (sulfide) groups is 1. The van der Waals surface area contributed by atoms with Gasteiger partial charge in [0.15, 0.2) is 0 Å². The summed E-state index contributed by atoms with van der Waals surface area (Å²) in [5, 5.41) is 17.2. The molecule has 1 saturated heterocycles. The Labute approximate surface area is 140 Å². The van der Waals surface area contributed by atoms with Crippen molar-refractivity contribution in [1.29, 1.82) is 0 Å². The van der Waals surface area contributed by atoms with E-state index in [9.17, 15) is 14.9 Å². The van der Waals surface area contributed by atoms with E-state index < -0.39 is 4.92 Å². The first-order valence-corrected chi connectivity index (χ1v) is 8.09. The molecule has 1 amide bonds. The quantitative estimate of drug-likeness (QED) is 0.497. The molecule has 0 spiro atoms. The van der Waals surface area contributed by atoms with Crippen LogP contribution in [0.3, 0.4) is 0 Å². The van der Waals surface area contributed by atoms with Gasteiger partial charge in [0.05, 0.1) is 4.92 Å². The average molecular weight is 346 g/mol. The molecule has 0 bridgehead atoms. The number of nitrogens with one attached hydrogen (secondary N) is 2. The van der Waals surface area contributed by atoms with Crippen LogP contribution in [0.25, 0.3) is 0 Å². The summed E-state index contributed by atoms with van der Waals surface area (Å²) >= 11 is 1.45. The number of nitro benzene ring substituents is 1. The Morgan fingerprint density at radius 3 is 2.82 bits per heavy atom. The van der Waals surface area contributed by atoms with Crippen LogP contribution in [-0.2, 0) is 0 Å². The van der Waals surface area contributed by atoms with Crippen LogP contribution in [0.15, 0.2) is 23.1 Å². The fourth-order valence-electron chi connectivity index (χ4n) is 2.41. The molecule has 6 nitrogen and oxygen atoms in total. The van der Waals surface area contributed by atoms with Crippen molar-refractivity contribution in [2.24, 2.45) is 5.92 Å². The summed E-state index contributed by atoms with van der Waals surface area (Å²) in [7, 11) is 0. The minimum absolute atomic E-state index is 0. The number of amides is 1. The number of hydrogen-bond acceptors (Lipinski definition) is 5. The van der Waals surface area contributed by atoms with Crippen molar-refractivity contribution in [2.75, 3.05) is 19.3 Å². The van der Waals surface area contributed by atoms with E-state index in [0.717, 1.165) is 17.9 Å². The molecule has 1 fully saturated rings. The summed E-state index contributed by atoms with van der Waals surface area (Å²) in [5.41, 5.74) is -0.0219. The van der Waals surface area contributed by atoms with E-state index in [2.05, 4.69) is 17.6 Å². The highest BCUT2D eigenvalue weighted by atomic mass is 35.5. The second-order valence-corrected chi connectivity index (χ2v) is 6.07. The first kappa shape index (κ1) is 18.7. The van der Waals surface area contributed by atoms with Gasteiger partial charge in [0.2, 0.25) is 0 Å². The maximum atomic E-state index is 12.4. The predicted octanol–water partition coefficient (Wildman–Crippen LogP) is 2.47. The molecule has 22 heavy (non-hydrogen) atoms. The Kier molecular flexibility index (Phi) is 7.12. The molecular weight excluding hydrogens is 326 g/mol. The third-order valence-corrected chi connectivity index (χ3v) is 4.51. The molecule has 2 N–H and O–H groups in total. The topological polar surface area (TPSA) is 84.3 Å². The van der Waals surface area contributed by atoms with Crippen molar-refractivity contribution in [3.05, 3.63) is 33.9 Å². The molecule has 2 rings (SSSR count). The second-order valence-electron chi connectivity index (χ2n) is 5.19. The van der Waals surface area contributed by atoms with E-state index in [1.54, 1.807) is 12.1 Å². The lowest BCUT2D eigenvalue weighted by Gasteiger charge is -2.30. The molecule has 0 aliphatic carbocycles. The number of piperidine rings is 1. The molecule has 1 aliphatic heterocycles. The SMILES string of the molecule is CSc1ccc([N+](=O)[O-])c(C(=O)NC2CNCCC2C)c1.Cl. The van der Waals surface area contributed by atoms with Crippen molar-refractivity contribution in [3.8, 4) is 0 Å². The number of rotatable bonds is 4. The van der Waals surface area contributed by atoms with E-state index in [4.69, 9.17) is 0 Å². The minimum Gasteiger partial charge on any atom is -0.348 e. The van der Waals surface area contributed by atoms with Gasteiger partial charge in [-0.2, -0.15) is 0 Å². The standard InChI is InChI=1S/C14H19N3O3S.ClH/c1-9-5-6-15-8-12(9)16-14(18)11-7-10(21-2)3-4-13(11)17(19)20;/h3-4,7,9,12,15H,5-6,8H2,1-2H3,(H,16,18);1H. The zero-order valence-electron chi connectivity index (χ0n) is 12.5. The largest absolute Gasteiger partial charge is 0.348 e. The summed E-state index contributed by atoms with van der Waals surface area (Å²) in [6.07, 6.45) is 2.86. The Balaban J connectivity index is 0.00000242. The lowest BCUT2D eigenvalue weighted by Crippen LogP contribution is -2.50. The lowest BCUT2D eigenvalue weighted by atomic mass is 9.94. The molecule has 0 aromatic heterocycles. The Bertz CT molecular complexity index is 556. The maximum Gasteiger partial charge on any atom is 0.282 e. The van der Waals surface area contributed by atoms with E-state index in [-0.39, 0.29) is 35.6 Å². The highest BCUT2D eigenvalue weighted by molar-refractivity contribution is 7.98. The molecule has 2 unspecified atom stereocenters. The lowest BCUT2D eigenvalue weighted by molar-refractivity contribution is -0.385. The number of nitrogens with zero attached hydrogens (tertiary/aromatic N) is 1. The number of benzene rings is 1. The first-order valence-electron chi connectivity index (χ1n) is 6.87.